The predicted octanol–water partition coefficient (Wildman–Crippen LogP) is 1.63. The normalized spacial score (nSPS) is 23.8. The highest BCUT2D eigenvalue weighted by atomic mass is 79.9. The van der Waals surface area contributed by atoms with E-state index in [-0.39, 0.29) is 22.3 Å². The molecule has 6 nitrogen and oxygen atoms in total. The Kier molecular flexibility index (Phi) is 5.57. The molecule has 0 amide bonds. The molecule has 0 unspecified atom stereocenters. The van der Waals surface area contributed by atoms with Gasteiger partial charge in [0.25, 0.3) is 0 Å². The van der Waals surface area contributed by atoms with E-state index in [0.717, 1.165) is 12.7 Å². The molecule has 1 aliphatic heterocycles. The molecular weight excluding hydrogens is 406 g/mol. The van der Waals surface area contributed by atoms with Crippen LogP contribution in [0.4, 0.5) is 0 Å². The summed E-state index contributed by atoms with van der Waals surface area (Å²) in [6, 6.07) is 3.45. The molecule has 23 heavy (non-hydrogen) atoms. The lowest BCUT2D eigenvalue weighted by Crippen LogP contribution is -2.49. The molecule has 1 heterocycles. The van der Waals surface area contributed by atoms with Gasteiger partial charge in [0.1, 0.15) is 0 Å². The van der Waals surface area contributed by atoms with Gasteiger partial charge in [-0.2, -0.15) is 4.31 Å². The molecule has 1 aliphatic rings. The van der Waals surface area contributed by atoms with E-state index < -0.39 is 25.9 Å². The quantitative estimate of drug-likeness (QED) is 0.791. The van der Waals surface area contributed by atoms with Gasteiger partial charge in [-0.25, -0.2) is 16.8 Å². The van der Waals surface area contributed by atoms with Gasteiger partial charge in [0.05, 0.1) is 22.4 Å². The van der Waals surface area contributed by atoms with Crippen LogP contribution in [0.15, 0.2) is 32.5 Å². The van der Waals surface area contributed by atoms with Crippen LogP contribution in [0.25, 0.3) is 0 Å². The van der Waals surface area contributed by atoms with Crippen LogP contribution in [0.1, 0.15) is 19.8 Å². The Morgan fingerprint density at radius 1 is 1.30 bits per heavy atom. The Balaban J connectivity index is 2.55. The van der Waals surface area contributed by atoms with Crippen LogP contribution in [-0.4, -0.2) is 51.7 Å². The van der Waals surface area contributed by atoms with Crippen molar-refractivity contribution in [3.63, 3.8) is 0 Å². The van der Waals surface area contributed by atoms with E-state index in [9.17, 15) is 21.9 Å². The second kappa shape index (κ2) is 6.79. The van der Waals surface area contributed by atoms with Gasteiger partial charge in [-0.3, -0.25) is 0 Å². The number of aliphatic hydroxyl groups is 1. The first kappa shape index (κ1) is 18.9. The highest BCUT2D eigenvalue weighted by molar-refractivity contribution is 9.10. The van der Waals surface area contributed by atoms with Crippen molar-refractivity contribution in [1.29, 1.82) is 0 Å². The highest BCUT2D eigenvalue weighted by Crippen LogP contribution is 2.33. The molecule has 2 atom stereocenters. The molecule has 0 spiro atoms. The molecule has 0 aliphatic carbocycles. The fourth-order valence-corrected chi connectivity index (χ4v) is 6.24. The van der Waals surface area contributed by atoms with E-state index in [1.165, 1.54) is 22.5 Å². The van der Waals surface area contributed by atoms with Crippen LogP contribution in [0.5, 0.6) is 0 Å². The summed E-state index contributed by atoms with van der Waals surface area (Å²) in [5.74, 6) is 0.0420. The largest absolute Gasteiger partial charge is 0.395 e. The van der Waals surface area contributed by atoms with E-state index in [0.29, 0.717) is 17.4 Å². The molecule has 130 valence electrons. The number of aliphatic hydroxyl groups excluding tert-OH is 1. The zero-order valence-electron chi connectivity index (χ0n) is 12.9. The predicted molar refractivity (Wildman–Crippen MR) is 90.4 cm³/mol. The summed E-state index contributed by atoms with van der Waals surface area (Å²) in [6.45, 7) is 1.96. The molecule has 0 bridgehead atoms. The zero-order chi connectivity index (χ0) is 17.4. The lowest BCUT2D eigenvalue weighted by Gasteiger charge is -2.38. The minimum absolute atomic E-state index is 0.0420. The van der Waals surface area contributed by atoms with Gasteiger partial charge >= 0.3 is 0 Å². The van der Waals surface area contributed by atoms with Crippen LogP contribution >= 0.6 is 15.9 Å². The summed E-state index contributed by atoms with van der Waals surface area (Å²) in [7, 11) is -7.42. The maximum Gasteiger partial charge on any atom is 0.244 e. The average molecular weight is 426 g/mol. The minimum atomic E-state index is -3.91. The van der Waals surface area contributed by atoms with Crippen LogP contribution in [-0.2, 0) is 19.9 Å². The molecule has 1 fully saturated rings. The van der Waals surface area contributed by atoms with Crippen molar-refractivity contribution in [3.05, 3.63) is 22.7 Å². The van der Waals surface area contributed by atoms with Gasteiger partial charge in [0, 0.05) is 17.3 Å². The number of halogens is 1. The molecule has 1 aromatic carbocycles. The van der Waals surface area contributed by atoms with Gasteiger partial charge in [0.2, 0.25) is 10.0 Å². The Bertz CT molecular complexity index is 791. The molecule has 9 heteroatoms. The van der Waals surface area contributed by atoms with Crippen molar-refractivity contribution in [2.75, 3.05) is 19.4 Å². The number of piperidine rings is 1. The van der Waals surface area contributed by atoms with E-state index in [2.05, 4.69) is 15.9 Å². The standard InChI is InChI=1S/C14H20BrNO5S2/c1-10-4-3-7-16(13(10)9-17)23(20,21)14-8-11(22(2,18)19)5-6-12(14)15/h5-6,8,10,13,17H,3-4,7,9H2,1-2H3/t10-,13-/m1/s1. The minimum Gasteiger partial charge on any atom is -0.395 e. The van der Waals surface area contributed by atoms with Crippen LogP contribution in [0, 0.1) is 5.92 Å². The summed E-state index contributed by atoms with van der Waals surface area (Å²) < 4.78 is 51.0. The van der Waals surface area contributed by atoms with Crippen molar-refractivity contribution < 1.29 is 21.9 Å². The monoisotopic (exact) mass is 425 g/mol. The number of hydrogen-bond donors (Lipinski definition) is 1. The maximum atomic E-state index is 13.0. The van der Waals surface area contributed by atoms with E-state index in [1.807, 2.05) is 6.92 Å². The SMILES string of the molecule is C[C@@H]1CCCN(S(=O)(=O)c2cc(S(C)(=O)=O)ccc2Br)[C@@H]1CO. The van der Waals surface area contributed by atoms with Gasteiger partial charge in [-0.15, -0.1) is 0 Å². The summed E-state index contributed by atoms with van der Waals surface area (Å²) in [4.78, 5) is -0.141. The molecule has 2 rings (SSSR count). The molecule has 0 radical (unpaired) electrons. The highest BCUT2D eigenvalue weighted by Gasteiger charge is 2.38. The summed E-state index contributed by atoms with van der Waals surface area (Å²) in [6.07, 6.45) is 2.59. The lowest BCUT2D eigenvalue weighted by atomic mass is 9.93. The van der Waals surface area contributed by atoms with Gasteiger partial charge in [-0.05, 0) is 52.9 Å². The van der Waals surface area contributed by atoms with Crippen molar-refractivity contribution in [2.24, 2.45) is 5.92 Å². The number of nitrogens with zero attached hydrogens (tertiary/aromatic N) is 1. The summed E-state index contributed by atoms with van der Waals surface area (Å²) in [5, 5.41) is 9.58. The molecule has 1 N–H and O–H groups in total. The van der Waals surface area contributed by atoms with Crippen molar-refractivity contribution in [2.45, 2.75) is 35.6 Å². The summed E-state index contributed by atoms with van der Waals surface area (Å²) in [5.41, 5.74) is 0. The smallest absolute Gasteiger partial charge is 0.244 e. The molecular formula is C14H20BrNO5S2. The topological polar surface area (TPSA) is 91.8 Å². The van der Waals surface area contributed by atoms with Crippen LogP contribution in [0.3, 0.4) is 0 Å². The molecule has 0 aromatic heterocycles. The van der Waals surface area contributed by atoms with Crippen LogP contribution in [0.2, 0.25) is 0 Å². The second-order valence-corrected chi connectivity index (χ2v) is 10.6. The lowest BCUT2D eigenvalue weighted by molar-refractivity contribution is 0.113. The van der Waals surface area contributed by atoms with Gasteiger partial charge < -0.3 is 5.11 Å². The fourth-order valence-electron chi connectivity index (χ4n) is 2.82. The first-order chi connectivity index (χ1) is 10.6. The van der Waals surface area contributed by atoms with Crippen LogP contribution < -0.4 is 0 Å². The average Bonchev–Trinajstić information content (AvgIpc) is 2.45. The van der Waals surface area contributed by atoms with Crippen molar-refractivity contribution in [3.8, 4) is 0 Å². The molecule has 1 saturated heterocycles. The van der Waals surface area contributed by atoms with Crippen molar-refractivity contribution in [1.82, 2.24) is 4.31 Å². The Morgan fingerprint density at radius 2 is 1.96 bits per heavy atom. The van der Waals surface area contributed by atoms with Gasteiger partial charge in [0.15, 0.2) is 9.84 Å². The number of hydrogen-bond acceptors (Lipinski definition) is 5. The number of benzene rings is 1. The first-order valence-corrected chi connectivity index (χ1v) is 11.3. The third-order valence-corrected chi connectivity index (χ3v) is 8.20. The second-order valence-electron chi connectivity index (χ2n) is 5.85. The third kappa shape index (κ3) is 3.79. The summed E-state index contributed by atoms with van der Waals surface area (Å²) >= 11 is 3.19. The molecule has 1 aromatic rings. The Morgan fingerprint density at radius 3 is 2.52 bits per heavy atom. The number of sulfonamides is 1. The van der Waals surface area contributed by atoms with E-state index in [4.69, 9.17) is 0 Å². The van der Waals surface area contributed by atoms with Gasteiger partial charge in [-0.1, -0.05) is 6.92 Å². The Hall–Kier alpha value is -0.480. The maximum absolute atomic E-state index is 13.0. The van der Waals surface area contributed by atoms with Crippen molar-refractivity contribution >= 4 is 35.8 Å². The fraction of sp³-hybridized carbons (Fsp3) is 0.571. The molecule has 0 saturated carbocycles. The zero-order valence-corrected chi connectivity index (χ0v) is 16.2. The number of rotatable bonds is 4. The van der Waals surface area contributed by atoms with E-state index >= 15 is 0 Å². The number of sulfone groups is 1. The Labute approximate surface area is 145 Å². The van der Waals surface area contributed by atoms with E-state index in [1.54, 1.807) is 0 Å². The first-order valence-electron chi connectivity index (χ1n) is 7.21. The third-order valence-electron chi connectivity index (χ3n) is 4.17.